The summed E-state index contributed by atoms with van der Waals surface area (Å²) in [5.74, 6) is -1.57. The smallest absolute Gasteiger partial charge is 0.251 e. The fourth-order valence-corrected chi connectivity index (χ4v) is 2.19. The van der Waals surface area contributed by atoms with Crippen LogP contribution < -0.4 is 16.4 Å². The van der Waals surface area contributed by atoms with Gasteiger partial charge in [-0.25, -0.2) is 4.39 Å². The first kappa shape index (κ1) is 13.5. The first-order chi connectivity index (χ1) is 8.99. The lowest BCUT2D eigenvalue weighted by Crippen LogP contribution is -2.28. The van der Waals surface area contributed by atoms with E-state index < -0.39 is 11.7 Å². The van der Waals surface area contributed by atoms with E-state index in [0.29, 0.717) is 12.2 Å². The molecule has 1 aromatic rings. The van der Waals surface area contributed by atoms with E-state index in [1.807, 2.05) is 6.92 Å². The van der Waals surface area contributed by atoms with Crippen molar-refractivity contribution in [3.8, 4) is 0 Å². The summed E-state index contributed by atoms with van der Waals surface area (Å²) in [5, 5.41) is 5.82. The third-order valence-electron chi connectivity index (χ3n) is 3.35. The van der Waals surface area contributed by atoms with Crippen molar-refractivity contribution in [2.75, 3.05) is 18.4 Å². The average Bonchev–Trinajstić information content (AvgIpc) is 2.77. The molecule has 0 spiro atoms. The molecule has 4 N–H and O–H groups in total. The summed E-state index contributed by atoms with van der Waals surface area (Å²) >= 11 is 0. The zero-order valence-corrected chi connectivity index (χ0v) is 10.6. The van der Waals surface area contributed by atoms with Gasteiger partial charge in [0, 0.05) is 12.2 Å². The van der Waals surface area contributed by atoms with Crippen LogP contribution in [0.3, 0.4) is 0 Å². The van der Waals surface area contributed by atoms with Crippen molar-refractivity contribution >= 4 is 17.5 Å². The van der Waals surface area contributed by atoms with E-state index in [2.05, 4.69) is 10.6 Å². The molecule has 2 rings (SSSR count). The zero-order chi connectivity index (χ0) is 14.0. The lowest BCUT2D eigenvalue weighted by molar-refractivity contribution is -0.120. The maximum absolute atomic E-state index is 13.3. The van der Waals surface area contributed by atoms with Crippen molar-refractivity contribution in [3.05, 3.63) is 29.6 Å². The number of nitrogens with two attached hydrogens (primary N) is 1. The minimum atomic E-state index is -0.857. The molecule has 1 heterocycles. The normalized spacial score (nSPS) is 22.2. The molecule has 0 aliphatic carbocycles. The fourth-order valence-electron chi connectivity index (χ4n) is 2.19. The maximum Gasteiger partial charge on any atom is 0.251 e. The summed E-state index contributed by atoms with van der Waals surface area (Å²) in [4.78, 5) is 23.1. The van der Waals surface area contributed by atoms with Crippen LogP contribution in [0.5, 0.6) is 0 Å². The van der Waals surface area contributed by atoms with Crippen LogP contribution in [0, 0.1) is 17.7 Å². The lowest BCUT2D eigenvalue weighted by Gasteiger charge is -2.14. The van der Waals surface area contributed by atoms with E-state index >= 15 is 0 Å². The van der Waals surface area contributed by atoms with Crippen LogP contribution >= 0.6 is 0 Å². The average molecular weight is 265 g/mol. The van der Waals surface area contributed by atoms with E-state index in [0.717, 1.165) is 12.6 Å². The van der Waals surface area contributed by atoms with E-state index in [-0.39, 0.29) is 23.3 Å². The van der Waals surface area contributed by atoms with E-state index in [1.54, 1.807) is 0 Å². The van der Waals surface area contributed by atoms with Gasteiger partial charge in [0.15, 0.2) is 0 Å². The van der Waals surface area contributed by atoms with Gasteiger partial charge in [0.2, 0.25) is 5.91 Å². The number of hydrogen-bond acceptors (Lipinski definition) is 3. The highest BCUT2D eigenvalue weighted by molar-refractivity contribution is 5.97. The van der Waals surface area contributed by atoms with Crippen LogP contribution in [0.25, 0.3) is 0 Å². The number of nitrogens with one attached hydrogen (secondary N) is 2. The van der Waals surface area contributed by atoms with E-state index in [4.69, 9.17) is 5.73 Å². The number of carbonyl (C=O) groups excluding carboxylic acids is 2. The van der Waals surface area contributed by atoms with Crippen LogP contribution in [0.2, 0.25) is 0 Å². The maximum atomic E-state index is 13.3. The Balaban J connectivity index is 2.13. The number of primary amides is 1. The second-order valence-corrected chi connectivity index (χ2v) is 4.79. The molecule has 6 heteroatoms. The zero-order valence-electron chi connectivity index (χ0n) is 10.6. The molecule has 0 saturated carbocycles. The first-order valence-electron chi connectivity index (χ1n) is 6.10. The summed E-state index contributed by atoms with van der Waals surface area (Å²) in [6, 6.07) is 3.78. The molecule has 2 amide bonds. The Labute approximate surface area is 110 Å². The van der Waals surface area contributed by atoms with E-state index in [1.165, 1.54) is 12.1 Å². The highest BCUT2D eigenvalue weighted by atomic mass is 19.1. The van der Waals surface area contributed by atoms with Gasteiger partial charge in [0.1, 0.15) is 5.82 Å². The molecule has 0 radical (unpaired) electrons. The quantitative estimate of drug-likeness (QED) is 0.753. The van der Waals surface area contributed by atoms with Gasteiger partial charge >= 0.3 is 0 Å². The predicted octanol–water partition coefficient (Wildman–Crippen LogP) is 0.719. The summed E-state index contributed by atoms with van der Waals surface area (Å²) in [6.07, 6.45) is 0. The van der Waals surface area contributed by atoms with Gasteiger partial charge < -0.3 is 16.4 Å². The van der Waals surface area contributed by atoms with Crippen molar-refractivity contribution < 1.29 is 14.0 Å². The summed E-state index contributed by atoms with van der Waals surface area (Å²) in [5.41, 5.74) is 5.20. The molecule has 19 heavy (non-hydrogen) atoms. The summed E-state index contributed by atoms with van der Waals surface area (Å²) in [6.45, 7) is 3.41. The standard InChI is InChI=1S/C13H16FN3O2/c1-7-5-16-6-10(7)13(19)17-8-2-3-11(14)9(4-8)12(15)18/h2-4,7,10,16H,5-6H2,1H3,(H2,15,18)(H,17,19)/t7-,10-/m1/s1. The highest BCUT2D eigenvalue weighted by Gasteiger charge is 2.29. The van der Waals surface area contributed by atoms with Gasteiger partial charge in [-0.05, 0) is 30.7 Å². The molecule has 102 valence electrons. The van der Waals surface area contributed by atoms with Crippen LogP contribution in [-0.4, -0.2) is 24.9 Å². The Hall–Kier alpha value is -1.95. The van der Waals surface area contributed by atoms with Gasteiger partial charge in [-0.15, -0.1) is 0 Å². The molecule has 1 saturated heterocycles. The van der Waals surface area contributed by atoms with Crippen molar-refractivity contribution in [1.29, 1.82) is 0 Å². The molecular weight excluding hydrogens is 249 g/mol. The monoisotopic (exact) mass is 265 g/mol. The number of halogens is 1. The second-order valence-electron chi connectivity index (χ2n) is 4.79. The second kappa shape index (κ2) is 5.36. The van der Waals surface area contributed by atoms with Crippen molar-refractivity contribution in [1.82, 2.24) is 5.32 Å². The number of carbonyl (C=O) groups is 2. The molecule has 1 fully saturated rings. The molecule has 5 nitrogen and oxygen atoms in total. The molecular formula is C13H16FN3O2. The molecule has 0 unspecified atom stereocenters. The Kier molecular flexibility index (Phi) is 3.80. The first-order valence-corrected chi connectivity index (χ1v) is 6.10. The lowest BCUT2D eigenvalue weighted by atomic mass is 9.97. The van der Waals surface area contributed by atoms with Crippen molar-refractivity contribution in [2.45, 2.75) is 6.92 Å². The highest BCUT2D eigenvalue weighted by Crippen LogP contribution is 2.20. The largest absolute Gasteiger partial charge is 0.366 e. The minimum absolute atomic E-state index is 0.123. The number of amides is 2. The van der Waals surface area contributed by atoms with Crippen LogP contribution in [0.1, 0.15) is 17.3 Å². The molecule has 1 aliphatic heterocycles. The Morgan fingerprint density at radius 1 is 1.42 bits per heavy atom. The number of anilines is 1. The topological polar surface area (TPSA) is 84.2 Å². The van der Waals surface area contributed by atoms with Gasteiger partial charge in [-0.1, -0.05) is 6.92 Å². The third-order valence-corrected chi connectivity index (χ3v) is 3.35. The van der Waals surface area contributed by atoms with Crippen molar-refractivity contribution in [2.24, 2.45) is 17.6 Å². The van der Waals surface area contributed by atoms with Crippen LogP contribution in [0.15, 0.2) is 18.2 Å². The SMILES string of the molecule is C[C@@H]1CNC[C@H]1C(=O)Nc1ccc(F)c(C(N)=O)c1. The molecule has 1 aliphatic rings. The molecule has 1 aromatic carbocycles. The molecule has 0 bridgehead atoms. The van der Waals surface area contributed by atoms with Crippen LogP contribution in [-0.2, 0) is 4.79 Å². The van der Waals surface area contributed by atoms with Crippen molar-refractivity contribution in [3.63, 3.8) is 0 Å². The number of rotatable bonds is 3. The van der Waals surface area contributed by atoms with Gasteiger partial charge in [-0.3, -0.25) is 9.59 Å². The molecule has 0 aromatic heterocycles. The van der Waals surface area contributed by atoms with E-state index in [9.17, 15) is 14.0 Å². The van der Waals surface area contributed by atoms with Gasteiger partial charge in [0.25, 0.3) is 5.91 Å². The Morgan fingerprint density at radius 3 is 2.74 bits per heavy atom. The minimum Gasteiger partial charge on any atom is -0.366 e. The summed E-state index contributed by atoms with van der Waals surface area (Å²) in [7, 11) is 0. The number of hydrogen-bond donors (Lipinski definition) is 3. The summed E-state index contributed by atoms with van der Waals surface area (Å²) < 4.78 is 13.3. The third kappa shape index (κ3) is 2.90. The Bertz CT molecular complexity index is 519. The van der Waals surface area contributed by atoms with Gasteiger partial charge in [0.05, 0.1) is 11.5 Å². The molecule has 2 atom stereocenters. The number of benzene rings is 1. The van der Waals surface area contributed by atoms with Crippen LogP contribution in [0.4, 0.5) is 10.1 Å². The fraction of sp³-hybridized carbons (Fsp3) is 0.385. The van der Waals surface area contributed by atoms with Gasteiger partial charge in [-0.2, -0.15) is 0 Å². The Morgan fingerprint density at radius 2 is 2.16 bits per heavy atom. The predicted molar refractivity (Wildman–Crippen MR) is 69.1 cm³/mol.